The van der Waals surface area contributed by atoms with E-state index in [0.29, 0.717) is 11.8 Å². The summed E-state index contributed by atoms with van der Waals surface area (Å²) in [7, 11) is 0. The van der Waals surface area contributed by atoms with Crippen LogP contribution in [0.4, 0.5) is 5.69 Å². The molecule has 2 amide bonds. The molecule has 8 heteroatoms. The van der Waals surface area contributed by atoms with Crippen LogP contribution in [-0.4, -0.2) is 40.7 Å². The summed E-state index contributed by atoms with van der Waals surface area (Å²) in [6.07, 6.45) is 0.822. The Morgan fingerprint density at radius 1 is 1.14 bits per heavy atom. The zero-order chi connectivity index (χ0) is 20.6. The van der Waals surface area contributed by atoms with E-state index in [1.54, 1.807) is 0 Å². The van der Waals surface area contributed by atoms with Gasteiger partial charge in [-0.15, -0.1) is 0 Å². The molecule has 7 nitrogen and oxygen atoms in total. The molecular weight excluding hydrogens is 388 g/mol. The lowest BCUT2D eigenvalue weighted by Gasteiger charge is -2.10. The molecule has 0 unspecified atom stereocenters. The van der Waals surface area contributed by atoms with Gasteiger partial charge in [0.25, 0.3) is 0 Å². The molecule has 1 heterocycles. The summed E-state index contributed by atoms with van der Waals surface area (Å²) in [5.41, 5.74) is 3.50. The number of amides is 2. The van der Waals surface area contributed by atoms with Crippen molar-refractivity contribution in [3.05, 3.63) is 48.0 Å². The monoisotopic (exact) mass is 412 g/mol. The van der Waals surface area contributed by atoms with E-state index < -0.39 is 0 Å². The number of thioether (sulfide) groups is 1. The number of para-hydroxylation sites is 1. The quantitative estimate of drug-likeness (QED) is 0.468. The molecule has 0 aliphatic heterocycles. The van der Waals surface area contributed by atoms with Crippen LogP contribution in [0.25, 0.3) is 11.0 Å². The Morgan fingerprint density at radius 3 is 2.76 bits per heavy atom. The number of aryl methyl sites for hydroxylation is 1. The van der Waals surface area contributed by atoms with Crippen molar-refractivity contribution in [2.75, 3.05) is 24.2 Å². The van der Waals surface area contributed by atoms with Crippen molar-refractivity contribution in [1.82, 2.24) is 15.3 Å². The number of anilines is 1. The van der Waals surface area contributed by atoms with Gasteiger partial charge in [0.15, 0.2) is 5.16 Å². The predicted octanol–water partition coefficient (Wildman–Crippen LogP) is 3.37. The van der Waals surface area contributed by atoms with E-state index in [4.69, 9.17) is 4.74 Å². The normalized spacial score (nSPS) is 10.7. The molecule has 1 aromatic heterocycles. The van der Waals surface area contributed by atoms with Gasteiger partial charge in [0.05, 0.1) is 29.9 Å². The molecule has 0 bridgehead atoms. The van der Waals surface area contributed by atoms with E-state index in [9.17, 15) is 9.59 Å². The second-order valence-electron chi connectivity index (χ2n) is 6.28. The number of hydrogen-bond donors (Lipinski definition) is 3. The van der Waals surface area contributed by atoms with E-state index in [0.717, 1.165) is 34.5 Å². The van der Waals surface area contributed by atoms with E-state index in [2.05, 4.69) is 20.6 Å². The SMILES string of the molecule is CCOc1ccc2nc(SCC(=O)NCC(=O)Nc3ccccc3CC)[nH]c2c1. The Kier molecular flexibility index (Phi) is 7.13. The van der Waals surface area contributed by atoms with Gasteiger partial charge in [0.2, 0.25) is 11.8 Å². The molecule has 152 valence electrons. The van der Waals surface area contributed by atoms with E-state index in [1.165, 1.54) is 11.8 Å². The first-order valence-electron chi connectivity index (χ1n) is 9.48. The maximum Gasteiger partial charge on any atom is 0.243 e. The minimum atomic E-state index is -0.253. The Labute approximate surface area is 173 Å². The third-order valence-corrected chi connectivity index (χ3v) is 5.07. The molecule has 3 aromatic rings. The molecule has 0 atom stereocenters. The van der Waals surface area contributed by atoms with Gasteiger partial charge in [-0.1, -0.05) is 36.9 Å². The number of rotatable bonds is 9. The lowest BCUT2D eigenvalue weighted by atomic mass is 10.1. The largest absolute Gasteiger partial charge is 0.494 e. The number of nitrogens with one attached hydrogen (secondary N) is 3. The van der Waals surface area contributed by atoms with Crippen molar-refractivity contribution in [3.63, 3.8) is 0 Å². The summed E-state index contributed by atoms with van der Waals surface area (Å²) >= 11 is 1.28. The van der Waals surface area contributed by atoms with Crippen LogP contribution in [0, 0.1) is 0 Å². The Morgan fingerprint density at radius 2 is 1.97 bits per heavy atom. The van der Waals surface area contributed by atoms with Gasteiger partial charge < -0.3 is 20.4 Å². The summed E-state index contributed by atoms with van der Waals surface area (Å²) in [6, 6.07) is 13.2. The smallest absolute Gasteiger partial charge is 0.243 e. The summed E-state index contributed by atoms with van der Waals surface area (Å²) < 4.78 is 5.48. The van der Waals surface area contributed by atoms with Gasteiger partial charge in [-0.05, 0) is 37.1 Å². The number of H-pyrrole nitrogens is 1. The van der Waals surface area contributed by atoms with Crippen LogP contribution >= 0.6 is 11.8 Å². The fraction of sp³-hybridized carbons (Fsp3) is 0.286. The number of benzene rings is 2. The van der Waals surface area contributed by atoms with Crippen LogP contribution in [0.1, 0.15) is 19.4 Å². The van der Waals surface area contributed by atoms with Crippen LogP contribution in [0.5, 0.6) is 5.75 Å². The maximum atomic E-state index is 12.1. The van der Waals surface area contributed by atoms with Gasteiger partial charge in [0.1, 0.15) is 5.75 Å². The minimum Gasteiger partial charge on any atom is -0.494 e. The molecule has 0 saturated carbocycles. The molecule has 3 rings (SSSR count). The van der Waals surface area contributed by atoms with Gasteiger partial charge in [-0.25, -0.2) is 4.98 Å². The molecule has 3 N–H and O–H groups in total. The van der Waals surface area contributed by atoms with Gasteiger partial charge in [-0.2, -0.15) is 0 Å². The molecule has 0 aliphatic carbocycles. The molecule has 0 fully saturated rings. The topological polar surface area (TPSA) is 96.1 Å². The lowest BCUT2D eigenvalue weighted by Crippen LogP contribution is -2.34. The van der Waals surface area contributed by atoms with Gasteiger partial charge >= 0.3 is 0 Å². The first-order chi connectivity index (χ1) is 14.1. The average molecular weight is 413 g/mol. The van der Waals surface area contributed by atoms with Gasteiger partial charge in [-0.3, -0.25) is 9.59 Å². The second kappa shape index (κ2) is 9.97. The summed E-state index contributed by atoms with van der Waals surface area (Å²) in [5, 5.41) is 6.11. The highest BCUT2D eigenvalue weighted by Crippen LogP contribution is 2.23. The van der Waals surface area contributed by atoms with Crippen LogP contribution < -0.4 is 15.4 Å². The number of nitrogens with zero attached hydrogens (tertiary/aromatic N) is 1. The summed E-state index contributed by atoms with van der Waals surface area (Å²) in [5.74, 6) is 0.450. The zero-order valence-electron chi connectivity index (χ0n) is 16.5. The molecule has 0 aliphatic rings. The van der Waals surface area contributed by atoms with Crippen molar-refractivity contribution < 1.29 is 14.3 Å². The van der Waals surface area contributed by atoms with E-state index in [-0.39, 0.29) is 24.1 Å². The van der Waals surface area contributed by atoms with Crippen molar-refractivity contribution in [3.8, 4) is 5.75 Å². The molecule has 0 spiro atoms. The molecule has 2 aromatic carbocycles. The standard InChI is InChI=1S/C21H24N4O3S/c1-3-14-7-5-6-8-16(14)23-19(26)12-22-20(27)13-29-21-24-17-10-9-15(28-4-2)11-18(17)25-21/h5-11H,3-4,12-13H2,1-2H3,(H,22,27)(H,23,26)(H,24,25). The van der Waals surface area contributed by atoms with Gasteiger partial charge in [0, 0.05) is 11.8 Å². The minimum absolute atomic E-state index is 0.0741. The summed E-state index contributed by atoms with van der Waals surface area (Å²) in [4.78, 5) is 31.8. The van der Waals surface area contributed by atoms with Crippen molar-refractivity contribution in [1.29, 1.82) is 0 Å². The van der Waals surface area contributed by atoms with Crippen LogP contribution in [0.15, 0.2) is 47.6 Å². The number of fused-ring (bicyclic) bond motifs is 1. The number of aromatic amines is 1. The summed E-state index contributed by atoms with van der Waals surface area (Å²) in [6.45, 7) is 4.48. The number of aromatic nitrogens is 2. The highest BCUT2D eigenvalue weighted by atomic mass is 32.2. The van der Waals surface area contributed by atoms with Crippen LogP contribution in [0.2, 0.25) is 0 Å². The molecular formula is C21H24N4O3S. The molecule has 29 heavy (non-hydrogen) atoms. The van der Waals surface area contributed by atoms with Crippen molar-refractivity contribution in [2.45, 2.75) is 25.4 Å². The maximum absolute atomic E-state index is 12.1. The van der Waals surface area contributed by atoms with Crippen molar-refractivity contribution in [2.24, 2.45) is 0 Å². The third-order valence-electron chi connectivity index (χ3n) is 4.20. The Bertz CT molecular complexity index is 1000. The number of hydrogen-bond acceptors (Lipinski definition) is 5. The van der Waals surface area contributed by atoms with E-state index in [1.807, 2.05) is 56.3 Å². The predicted molar refractivity (Wildman–Crippen MR) is 115 cm³/mol. The lowest BCUT2D eigenvalue weighted by molar-refractivity contribution is -0.122. The first kappa shape index (κ1) is 20.7. The second-order valence-corrected chi connectivity index (χ2v) is 7.24. The number of carbonyl (C=O) groups is 2. The first-order valence-corrected chi connectivity index (χ1v) is 10.5. The van der Waals surface area contributed by atoms with E-state index >= 15 is 0 Å². The average Bonchev–Trinajstić information content (AvgIpc) is 3.13. The van der Waals surface area contributed by atoms with Crippen molar-refractivity contribution >= 4 is 40.3 Å². The van der Waals surface area contributed by atoms with Crippen LogP contribution in [-0.2, 0) is 16.0 Å². The fourth-order valence-electron chi connectivity index (χ4n) is 2.80. The number of ether oxygens (including phenoxy) is 1. The Hall–Kier alpha value is -3.00. The fourth-order valence-corrected chi connectivity index (χ4v) is 3.51. The Balaban J connectivity index is 1.47. The number of imidazole rings is 1. The molecule has 0 radical (unpaired) electrons. The zero-order valence-corrected chi connectivity index (χ0v) is 17.3. The third kappa shape index (κ3) is 5.74. The number of carbonyl (C=O) groups excluding carboxylic acids is 2. The van der Waals surface area contributed by atoms with Crippen LogP contribution in [0.3, 0.4) is 0 Å². The molecule has 0 saturated heterocycles. The highest BCUT2D eigenvalue weighted by Gasteiger charge is 2.10. The highest BCUT2D eigenvalue weighted by molar-refractivity contribution is 7.99.